The maximum Gasteiger partial charge on any atom is 0.128 e. The van der Waals surface area contributed by atoms with Crippen molar-refractivity contribution in [1.29, 1.82) is 0 Å². The minimum Gasteiger partial charge on any atom is -0.389 e. The Labute approximate surface area is 142 Å². The van der Waals surface area contributed by atoms with Crippen LogP contribution < -0.4 is 0 Å². The van der Waals surface area contributed by atoms with E-state index in [-0.39, 0.29) is 19.0 Å². The van der Waals surface area contributed by atoms with Gasteiger partial charge in [0.2, 0.25) is 0 Å². The lowest BCUT2D eigenvalue weighted by Gasteiger charge is -2.20. The van der Waals surface area contributed by atoms with Crippen LogP contribution in [0.3, 0.4) is 0 Å². The Balaban J connectivity index is 1.40. The first-order chi connectivity index (χ1) is 11.7. The van der Waals surface area contributed by atoms with Crippen LogP contribution in [-0.2, 0) is 11.3 Å². The molecule has 4 heteroatoms. The van der Waals surface area contributed by atoms with E-state index in [0.717, 1.165) is 19.5 Å². The molecule has 1 aliphatic rings. The average molecular weight is 329 g/mol. The number of rotatable bonds is 7. The molecule has 1 saturated heterocycles. The summed E-state index contributed by atoms with van der Waals surface area (Å²) in [4.78, 5) is 2.27. The van der Waals surface area contributed by atoms with E-state index in [2.05, 4.69) is 29.2 Å². The van der Waals surface area contributed by atoms with E-state index >= 15 is 0 Å². The molecule has 0 aromatic heterocycles. The zero-order chi connectivity index (χ0) is 16.8. The van der Waals surface area contributed by atoms with Crippen LogP contribution in [0.2, 0.25) is 0 Å². The Morgan fingerprint density at radius 3 is 2.67 bits per heavy atom. The Morgan fingerprint density at radius 1 is 1.12 bits per heavy atom. The molecular weight excluding hydrogens is 305 g/mol. The predicted octanol–water partition coefficient (Wildman–Crippen LogP) is 3.19. The van der Waals surface area contributed by atoms with Crippen LogP contribution >= 0.6 is 0 Å². The summed E-state index contributed by atoms with van der Waals surface area (Å²) < 4.78 is 19.0. The summed E-state index contributed by atoms with van der Waals surface area (Å²) in [7, 11) is 0. The van der Waals surface area contributed by atoms with Gasteiger partial charge in [-0.1, -0.05) is 48.5 Å². The minimum absolute atomic E-state index is 0.191. The Morgan fingerprint density at radius 2 is 1.88 bits per heavy atom. The van der Waals surface area contributed by atoms with E-state index in [1.54, 1.807) is 18.2 Å². The molecule has 0 radical (unpaired) electrons. The minimum atomic E-state index is -0.550. The number of aliphatic hydroxyl groups excluding tert-OH is 1. The van der Waals surface area contributed by atoms with Crippen molar-refractivity contribution in [2.75, 3.05) is 26.2 Å². The molecule has 0 bridgehead atoms. The van der Waals surface area contributed by atoms with E-state index in [1.807, 2.05) is 6.07 Å². The molecule has 1 aliphatic heterocycles. The largest absolute Gasteiger partial charge is 0.389 e. The van der Waals surface area contributed by atoms with Crippen molar-refractivity contribution >= 4 is 0 Å². The Hall–Kier alpha value is -1.75. The number of halogens is 1. The van der Waals surface area contributed by atoms with E-state index in [4.69, 9.17) is 4.74 Å². The fraction of sp³-hybridized carbons (Fsp3) is 0.400. The van der Waals surface area contributed by atoms with Gasteiger partial charge in [0.25, 0.3) is 0 Å². The van der Waals surface area contributed by atoms with Gasteiger partial charge in [0.1, 0.15) is 5.82 Å². The molecule has 1 heterocycles. The van der Waals surface area contributed by atoms with Gasteiger partial charge in [-0.3, -0.25) is 0 Å². The van der Waals surface area contributed by atoms with Gasteiger partial charge < -0.3 is 14.7 Å². The summed E-state index contributed by atoms with van der Waals surface area (Å²) >= 11 is 0. The maximum atomic E-state index is 13.5. The fourth-order valence-corrected chi connectivity index (χ4v) is 3.27. The predicted molar refractivity (Wildman–Crippen MR) is 92.3 cm³/mol. The molecule has 0 aliphatic carbocycles. The molecule has 1 fully saturated rings. The lowest BCUT2D eigenvalue weighted by atomic mass is 9.99. The van der Waals surface area contributed by atoms with Gasteiger partial charge in [-0.05, 0) is 30.5 Å². The highest BCUT2D eigenvalue weighted by Crippen LogP contribution is 2.26. The number of ether oxygens (including phenoxy) is 1. The smallest absolute Gasteiger partial charge is 0.128 e. The van der Waals surface area contributed by atoms with Crippen molar-refractivity contribution in [1.82, 2.24) is 4.90 Å². The highest BCUT2D eigenvalue weighted by Gasteiger charge is 2.25. The van der Waals surface area contributed by atoms with Gasteiger partial charge in [-0.2, -0.15) is 0 Å². The number of benzene rings is 2. The summed E-state index contributed by atoms with van der Waals surface area (Å²) in [5, 5.41) is 10.2. The monoisotopic (exact) mass is 329 g/mol. The van der Waals surface area contributed by atoms with Gasteiger partial charge in [0.05, 0.1) is 19.3 Å². The van der Waals surface area contributed by atoms with Crippen molar-refractivity contribution in [2.24, 2.45) is 0 Å². The van der Waals surface area contributed by atoms with Crippen molar-refractivity contribution in [3.05, 3.63) is 71.5 Å². The normalized spacial score (nSPS) is 19.5. The van der Waals surface area contributed by atoms with Crippen LogP contribution in [-0.4, -0.2) is 42.4 Å². The molecule has 2 aromatic rings. The molecule has 0 amide bonds. The van der Waals surface area contributed by atoms with E-state index < -0.39 is 6.10 Å². The van der Waals surface area contributed by atoms with E-state index in [1.165, 1.54) is 11.6 Å². The third-order valence-corrected chi connectivity index (χ3v) is 4.54. The summed E-state index contributed by atoms with van der Waals surface area (Å²) in [5.41, 5.74) is 1.89. The SMILES string of the molecule is OC(COCc1ccccc1F)CN1CCC(c2ccccc2)C1. The van der Waals surface area contributed by atoms with Gasteiger partial charge >= 0.3 is 0 Å². The highest BCUT2D eigenvalue weighted by molar-refractivity contribution is 5.21. The van der Waals surface area contributed by atoms with Crippen LogP contribution in [0.5, 0.6) is 0 Å². The van der Waals surface area contributed by atoms with Gasteiger partial charge in [-0.15, -0.1) is 0 Å². The van der Waals surface area contributed by atoms with Crippen LogP contribution in [0.1, 0.15) is 23.5 Å². The number of hydrogen-bond donors (Lipinski definition) is 1. The molecular formula is C20H24FNO2. The first-order valence-electron chi connectivity index (χ1n) is 8.49. The van der Waals surface area contributed by atoms with Gasteiger partial charge in [-0.25, -0.2) is 4.39 Å². The molecule has 2 atom stereocenters. The standard InChI is InChI=1S/C20H24FNO2/c21-20-9-5-4-8-18(20)14-24-15-19(23)13-22-11-10-17(12-22)16-6-2-1-3-7-16/h1-9,17,19,23H,10-15H2. The zero-order valence-corrected chi connectivity index (χ0v) is 13.8. The third kappa shape index (κ3) is 4.63. The topological polar surface area (TPSA) is 32.7 Å². The summed E-state index contributed by atoms with van der Waals surface area (Å²) in [6.45, 7) is 2.97. The summed E-state index contributed by atoms with van der Waals surface area (Å²) in [6, 6.07) is 17.1. The summed E-state index contributed by atoms with van der Waals surface area (Å²) in [5.74, 6) is 0.273. The number of likely N-dealkylation sites (tertiary alicyclic amines) is 1. The second-order valence-electron chi connectivity index (χ2n) is 6.42. The Kier molecular flexibility index (Phi) is 5.96. The van der Waals surface area contributed by atoms with E-state index in [0.29, 0.717) is 18.0 Å². The number of β-amino-alcohol motifs (C(OH)–C–C–N with tert-alkyl or cyclic N) is 1. The average Bonchev–Trinajstić information content (AvgIpc) is 3.06. The molecule has 2 aromatic carbocycles. The first-order valence-corrected chi connectivity index (χ1v) is 8.49. The number of nitrogens with zero attached hydrogens (tertiary/aromatic N) is 1. The highest BCUT2D eigenvalue weighted by atomic mass is 19.1. The van der Waals surface area contributed by atoms with Crippen LogP contribution in [0.15, 0.2) is 54.6 Å². The second kappa shape index (κ2) is 8.38. The molecule has 128 valence electrons. The lowest BCUT2D eigenvalue weighted by molar-refractivity contribution is 0.0124. The van der Waals surface area contributed by atoms with E-state index in [9.17, 15) is 9.50 Å². The van der Waals surface area contributed by atoms with Crippen LogP contribution in [0.25, 0.3) is 0 Å². The number of aliphatic hydroxyl groups is 1. The molecule has 3 rings (SSSR count). The molecule has 24 heavy (non-hydrogen) atoms. The molecule has 1 N–H and O–H groups in total. The molecule has 0 saturated carbocycles. The van der Waals surface area contributed by atoms with Crippen molar-refractivity contribution in [3.8, 4) is 0 Å². The van der Waals surface area contributed by atoms with Crippen molar-refractivity contribution in [2.45, 2.75) is 25.0 Å². The second-order valence-corrected chi connectivity index (χ2v) is 6.42. The zero-order valence-electron chi connectivity index (χ0n) is 13.8. The third-order valence-electron chi connectivity index (χ3n) is 4.54. The van der Waals surface area contributed by atoms with Crippen LogP contribution in [0.4, 0.5) is 4.39 Å². The Bertz CT molecular complexity index is 635. The van der Waals surface area contributed by atoms with Crippen molar-refractivity contribution < 1.29 is 14.2 Å². The van der Waals surface area contributed by atoms with Crippen molar-refractivity contribution in [3.63, 3.8) is 0 Å². The van der Waals surface area contributed by atoms with Crippen LogP contribution in [0, 0.1) is 5.82 Å². The quantitative estimate of drug-likeness (QED) is 0.847. The molecule has 3 nitrogen and oxygen atoms in total. The summed E-state index contributed by atoms with van der Waals surface area (Å²) in [6.07, 6.45) is 0.568. The fourth-order valence-electron chi connectivity index (χ4n) is 3.27. The lowest BCUT2D eigenvalue weighted by Crippen LogP contribution is -2.33. The first kappa shape index (κ1) is 17.1. The van der Waals surface area contributed by atoms with Gasteiger partial charge in [0, 0.05) is 18.7 Å². The van der Waals surface area contributed by atoms with Gasteiger partial charge in [0.15, 0.2) is 0 Å². The molecule has 0 spiro atoms. The number of hydrogen-bond acceptors (Lipinski definition) is 3. The maximum absolute atomic E-state index is 13.5. The molecule has 2 unspecified atom stereocenters.